The summed E-state index contributed by atoms with van der Waals surface area (Å²) in [6, 6.07) is 17.8. The van der Waals surface area contributed by atoms with Gasteiger partial charge in [-0.1, -0.05) is 31.9 Å². The summed E-state index contributed by atoms with van der Waals surface area (Å²) in [7, 11) is 5.11. The lowest BCUT2D eigenvalue weighted by atomic mass is 9.95. The minimum Gasteiger partial charge on any atom is -0.495 e. The zero-order chi connectivity index (χ0) is 48.0. The molecule has 13 nitrogen and oxygen atoms in total. The highest BCUT2D eigenvalue weighted by molar-refractivity contribution is 5.96. The fourth-order valence-electron chi connectivity index (χ4n) is 8.69. The molecule has 0 unspecified atom stereocenters. The van der Waals surface area contributed by atoms with Crippen LogP contribution in [0.5, 0.6) is 11.5 Å². The summed E-state index contributed by atoms with van der Waals surface area (Å²) in [6.07, 6.45) is -4.62. The maximum atomic E-state index is 15.0. The Morgan fingerprint density at radius 2 is 1.87 bits per heavy atom. The number of nitrogens with one attached hydrogen (secondary N) is 4. The lowest BCUT2D eigenvalue weighted by Gasteiger charge is -2.37. The number of carbonyl (C=O) groups is 2. The maximum absolute atomic E-state index is 15.0. The van der Waals surface area contributed by atoms with Crippen molar-refractivity contribution in [2.75, 3.05) is 69.5 Å². The van der Waals surface area contributed by atoms with Crippen molar-refractivity contribution in [3.8, 4) is 23.3 Å². The molecule has 2 amide bonds. The number of pyridine rings is 1. The fraction of sp³-hybridized carbons (Fsp3) is 0.408. The highest BCUT2D eigenvalue weighted by Crippen LogP contribution is 2.35. The number of hydrogen-bond acceptors (Lipinski definition) is 10. The number of methoxy groups -OCH3 is 1. The van der Waals surface area contributed by atoms with Crippen LogP contribution in [0.3, 0.4) is 0 Å². The molecule has 3 aromatic carbocycles. The number of aliphatic hydroxyl groups excluding tert-OH is 1. The monoisotopic (exact) mass is 930 g/mol. The Morgan fingerprint density at radius 1 is 1.06 bits per heavy atom. The molecule has 67 heavy (non-hydrogen) atoms. The Balaban J connectivity index is 1.08. The van der Waals surface area contributed by atoms with Crippen molar-refractivity contribution in [3.05, 3.63) is 107 Å². The molecule has 0 aliphatic carbocycles. The van der Waals surface area contributed by atoms with Gasteiger partial charge in [0.15, 0.2) is 6.10 Å². The number of aliphatic hydroxyl groups is 1. The maximum Gasteiger partial charge on any atom is 0.406 e. The van der Waals surface area contributed by atoms with Crippen molar-refractivity contribution in [3.63, 3.8) is 0 Å². The lowest BCUT2D eigenvalue weighted by molar-refractivity contribution is -0.140. The zero-order valence-corrected chi connectivity index (χ0v) is 37.9. The zero-order valence-electron chi connectivity index (χ0n) is 37.9. The molecule has 2 aromatic heterocycles. The second-order valence-electron chi connectivity index (χ2n) is 17.3. The Hall–Kier alpha value is -6.58. The largest absolute Gasteiger partial charge is 0.495 e. The van der Waals surface area contributed by atoms with Crippen LogP contribution in [0.4, 0.5) is 39.0 Å². The van der Waals surface area contributed by atoms with Gasteiger partial charge in [0.05, 0.1) is 67.7 Å². The molecule has 4 heterocycles. The normalized spacial score (nSPS) is 19.3. The van der Waals surface area contributed by atoms with Crippen LogP contribution >= 0.6 is 0 Å². The van der Waals surface area contributed by atoms with Crippen LogP contribution in [0.15, 0.2) is 79.0 Å². The molecule has 1 fully saturated rings. The number of halogens is 5. The Morgan fingerprint density at radius 3 is 2.57 bits per heavy atom. The molecule has 356 valence electrons. The van der Waals surface area contributed by atoms with E-state index in [-0.39, 0.29) is 49.3 Å². The van der Waals surface area contributed by atoms with Gasteiger partial charge in [-0.25, -0.2) is 8.78 Å². The molecular weight excluding hydrogens is 876 g/mol. The number of aromatic nitrogens is 2. The first-order chi connectivity index (χ1) is 32.0. The number of hydrogen-bond donors (Lipinski definition) is 5. The number of rotatable bonds is 14. The van der Waals surface area contributed by atoms with Gasteiger partial charge in [-0.2, -0.15) is 13.2 Å². The lowest BCUT2D eigenvalue weighted by Crippen LogP contribution is -2.54. The van der Waals surface area contributed by atoms with Gasteiger partial charge in [-0.3, -0.25) is 14.6 Å². The summed E-state index contributed by atoms with van der Waals surface area (Å²) in [4.78, 5) is 35.0. The van der Waals surface area contributed by atoms with E-state index in [1.54, 1.807) is 54.6 Å². The number of piperidine rings is 1. The minimum absolute atomic E-state index is 0.0371. The minimum atomic E-state index is -4.54. The van der Waals surface area contributed by atoms with Gasteiger partial charge in [0.1, 0.15) is 36.1 Å². The third kappa shape index (κ3) is 11.7. The van der Waals surface area contributed by atoms with Gasteiger partial charge < -0.3 is 50.2 Å². The molecule has 5 atom stereocenters. The summed E-state index contributed by atoms with van der Waals surface area (Å²) >= 11 is 0. The molecule has 5 N–H and O–H groups in total. The summed E-state index contributed by atoms with van der Waals surface area (Å²) in [5.41, 5.74) is 3.51. The number of ether oxygens (including phenoxy) is 2. The number of carbonyl (C=O) groups excluding carboxylic acids is 2. The van der Waals surface area contributed by atoms with Crippen molar-refractivity contribution in [2.45, 2.75) is 69.8 Å². The van der Waals surface area contributed by atoms with E-state index in [1.165, 1.54) is 19.2 Å². The number of likely N-dealkylation sites (tertiary alicyclic amines) is 1. The first kappa shape index (κ1) is 48.4. The Bertz CT molecular complexity index is 2610. The molecule has 2 aliphatic heterocycles. The molecular formula is C49H55F5N8O5. The first-order valence-electron chi connectivity index (χ1n) is 22.0. The number of anilines is 3. The van der Waals surface area contributed by atoms with Crippen LogP contribution in [0.1, 0.15) is 53.7 Å². The van der Waals surface area contributed by atoms with Crippen molar-refractivity contribution in [1.82, 2.24) is 25.1 Å². The predicted molar refractivity (Wildman–Crippen MR) is 247 cm³/mol. The summed E-state index contributed by atoms with van der Waals surface area (Å²) in [5, 5.41) is 22.7. The van der Waals surface area contributed by atoms with E-state index in [9.17, 15) is 36.6 Å². The van der Waals surface area contributed by atoms with Crippen LogP contribution in [0.25, 0.3) is 10.9 Å². The molecule has 18 heteroatoms. The quantitative estimate of drug-likeness (QED) is 0.0603. The van der Waals surface area contributed by atoms with E-state index in [0.29, 0.717) is 58.9 Å². The molecule has 0 spiro atoms. The molecule has 7 rings (SSSR count). The van der Waals surface area contributed by atoms with Gasteiger partial charge >= 0.3 is 6.18 Å². The van der Waals surface area contributed by atoms with Gasteiger partial charge in [0, 0.05) is 48.5 Å². The van der Waals surface area contributed by atoms with Gasteiger partial charge in [0.25, 0.3) is 5.91 Å². The van der Waals surface area contributed by atoms with Crippen molar-refractivity contribution < 1.29 is 46.1 Å². The highest BCUT2D eigenvalue weighted by atomic mass is 19.4. The SMILES string of the molecule is COc1ccc(C(=O)NC[C@@H](Oc2ccc3c(c2)N(C)[C@@H](C(C)C)C(=O)N[C@H](CO)C3)c2ccc(F)cn2)cc1NCC#Cc1cc2c(N[C@@H]3CCN(C)C[C@@H]3F)cccc2n1CC(F)(F)F. The first-order valence-corrected chi connectivity index (χ1v) is 22.0. The number of alkyl halides is 4. The van der Waals surface area contributed by atoms with Crippen LogP contribution in [-0.4, -0.2) is 116 Å². The van der Waals surface area contributed by atoms with Crippen LogP contribution < -0.4 is 35.6 Å². The van der Waals surface area contributed by atoms with Crippen molar-refractivity contribution in [2.24, 2.45) is 5.92 Å². The molecule has 0 radical (unpaired) electrons. The molecule has 0 saturated carbocycles. The highest BCUT2D eigenvalue weighted by Gasteiger charge is 2.34. The van der Waals surface area contributed by atoms with E-state index < -0.39 is 54.8 Å². The Labute approximate surface area is 386 Å². The molecule has 1 saturated heterocycles. The standard InChI is InChI=1S/C49H55F5N8O5/c1-29(2)46-48(65)58-33(27-63)20-30-11-14-35(23-43(30)61(46)4)67-45(40-15-13-32(50)24-56-40)25-57-47(64)31-12-16-44(66-5)41(21-31)55-18-7-8-34-22-36-38(59-39-17-19-60(3)26-37(39)51)9-6-10-42(36)62(34)28-49(52,53)54/h6,9-16,21-24,29,33,37,39,45-46,55,59,63H,17-20,25-28H2,1-5H3,(H,57,64)(H,58,65)/t33-,37-,39+,45+,46-/m0/s1. The number of nitrogens with zero attached hydrogens (tertiary/aromatic N) is 4. The fourth-order valence-corrected chi connectivity index (χ4v) is 8.69. The number of likely N-dealkylation sites (N-methyl/N-ethyl adjacent to an activating group) is 1. The van der Waals surface area contributed by atoms with E-state index in [4.69, 9.17) is 9.47 Å². The third-order valence-electron chi connectivity index (χ3n) is 12.0. The third-order valence-corrected chi connectivity index (χ3v) is 12.0. The van der Waals surface area contributed by atoms with Gasteiger partial charge in [-0.15, -0.1) is 0 Å². The van der Waals surface area contributed by atoms with E-state index in [1.807, 2.05) is 43.8 Å². The van der Waals surface area contributed by atoms with Crippen LogP contribution in [0, 0.1) is 23.6 Å². The summed E-state index contributed by atoms with van der Waals surface area (Å²) in [5.74, 6) is 5.23. The molecule has 2 aliphatic rings. The summed E-state index contributed by atoms with van der Waals surface area (Å²) < 4.78 is 83.7. The average Bonchev–Trinajstić information content (AvgIpc) is 3.63. The van der Waals surface area contributed by atoms with E-state index in [2.05, 4.69) is 38.1 Å². The topological polar surface area (TPSA) is 145 Å². The predicted octanol–water partition coefficient (Wildman–Crippen LogP) is 6.71. The van der Waals surface area contributed by atoms with Gasteiger partial charge in [0.2, 0.25) is 5.91 Å². The molecule has 0 bridgehead atoms. The van der Waals surface area contributed by atoms with Crippen molar-refractivity contribution >= 4 is 39.8 Å². The molecule has 5 aromatic rings. The number of fused-ring (bicyclic) bond motifs is 2. The van der Waals surface area contributed by atoms with Crippen LogP contribution in [0.2, 0.25) is 0 Å². The smallest absolute Gasteiger partial charge is 0.406 e. The summed E-state index contributed by atoms with van der Waals surface area (Å²) in [6.45, 7) is 3.17. The van der Waals surface area contributed by atoms with Crippen LogP contribution in [-0.2, 0) is 17.8 Å². The van der Waals surface area contributed by atoms with Gasteiger partial charge in [-0.05, 0) is 91.9 Å². The van der Waals surface area contributed by atoms with E-state index in [0.717, 1.165) is 22.0 Å². The van der Waals surface area contributed by atoms with Crippen molar-refractivity contribution in [1.29, 1.82) is 0 Å². The average molecular weight is 931 g/mol. The number of benzene rings is 3. The number of amides is 2. The Kier molecular flexibility index (Phi) is 15.1. The van der Waals surface area contributed by atoms with E-state index >= 15 is 0 Å². The second kappa shape index (κ2) is 20.9. The second-order valence-corrected chi connectivity index (χ2v) is 17.3.